The Morgan fingerprint density at radius 3 is 2.74 bits per heavy atom. The van der Waals surface area contributed by atoms with E-state index in [9.17, 15) is 9.59 Å². The Hall–Kier alpha value is -2.40. The highest BCUT2D eigenvalue weighted by molar-refractivity contribution is 7.99. The predicted molar refractivity (Wildman–Crippen MR) is 134 cm³/mol. The summed E-state index contributed by atoms with van der Waals surface area (Å²) in [5, 5.41) is 13.4. The minimum absolute atomic E-state index is 0.0786. The first-order chi connectivity index (χ1) is 16.4. The Morgan fingerprint density at radius 1 is 1.29 bits per heavy atom. The Balaban J connectivity index is 1.51. The summed E-state index contributed by atoms with van der Waals surface area (Å²) in [6, 6.07) is 7.42. The molecule has 180 valence electrons. The van der Waals surface area contributed by atoms with Gasteiger partial charge in [0.05, 0.1) is 31.1 Å². The zero-order valence-electron chi connectivity index (χ0n) is 19.1. The lowest BCUT2D eigenvalue weighted by Crippen LogP contribution is -2.18. The van der Waals surface area contributed by atoms with Crippen molar-refractivity contribution in [3.63, 3.8) is 0 Å². The molecule has 3 heterocycles. The van der Waals surface area contributed by atoms with Gasteiger partial charge in [0.15, 0.2) is 11.0 Å². The Kier molecular flexibility index (Phi) is 7.92. The summed E-state index contributed by atoms with van der Waals surface area (Å²) < 4.78 is 12.7. The summed E-state index contributed by atoms with van der Waals surface area (Å²) in [6.45, 7) is 5.10. The second-order valence-corrected chi connectivity index (χ2v) is 10.5. The van der Waals surface area contributed by atoms with E-state index in [0.29, 0.717) is 33.1 Å². The first kappa shape index (κ1) is 24.7. The maximum atomic E-state index is 12.8. The van der Waals surface area contributed by atoms with Gasteiger partial charge in [-0.05, 0) is 56.5 Å². The fourth-order valence-corrected chi connectivity index (χ4v) is 5.66. The summed E-state index contributed by atoms with van der Waals surface area (Å²) in [6.07, 6.45) is 2.07. The van der Waals surface area contributed by atoms with Crippen molar-refractivity contribution in [3.05, 3.63) is 45.3 Å². The molecule has 1 aliphatic rings. The molecule has 0 aliphatic carbocycles. The molecule has 3 aromatic rings. The summed E-state index contributed by atoms with van der Waals surface area (Å²) >= 11 is 8.70. The Morgan fingerprint density at radius 2 is 2.06 bits per heavy atom. The van der Waals surface area contributed by atoms with Crippen LogP contribution in [0, 0.1) is 13.8 Å². The molecule has 34 heavy (non-hydrogen) atoms. The topological polar surface area (TPSA) is 95.3 Å². The SMILES string of the molecule is COC(=O)c1c(NC(=O)CSc2nnc(-c3ccc(Cl)cc3)n2C[C@@H]2CCCO2)sc(C)c1C. The molecule has 4 rings (SSSR count). The lowest BCUT2D eigenvalue weighted by atomic mass is 10.1. The van der Waals surface area contributed by atoms with Gasteiger partial charge in [-0.25, -0.2) is 4.79 Å². The molecule has 0 unspecified atom stereocenters. The predicted octanol–water partition coefficient (Wildman–Crippen LogP) is 4.97. The lowest BCUT2D eigenvalue weighted by molar-refractivity contribution is -0.113. The fraction of sp³-hybridized carbons (Fsp3) is 0.391. The maximum Gasteiger partial charge on any atom is 0.341 e. The first-order valence-electron chi connectivity index (χ1n) is 10.8. The molecule has 1 aromatic carbocycles. The molecule has 0 spiro atoms. The molecule has 1 N–H and O–H groups in total. The second kappa shape index (κ2) is 10.9. The lowest BCUT2D eigenvalue weighted by Gasteiger charge is -2.14. The zero-order valence-corrected chi connectivity index (χ0v) is 21.5. The van der Waals surface area contributed by atoms with E-state index in [0.717, 1.165) is 35.5 Å². The summed E-state index contributed by atoms with van der Waals surface area (Å²) in [7, 11) is 1.33. The summed E-state index contributed by atoms with van der Waals surface area (Å²) in [5.41, 5.74) is 2.09. The van der Waals surface area contributed by atoms with Crippen LogP contribution in [-0.2, 0) is 20.8 Å². The van der Waals surface area contributed by atoms with Crippen LogP contribution in [0.4, 0.5) is 5.00 Å². The number of benzene rings is 1. The average molecular weight is 521 g/mol. The molecule has 1 atom stereocenters. The van der Waals surface area contributed by atoms with Crippen molar-refractivity contribution in [1.82, 2.24) is 14.8 Å². The van der Waals surface area contributed by atoms with Crippen LogP contribution in [0.5, 0.6) is 0 Å². The zero-order chi connectivity index (χ0) is 24.2. The highest BCUT2D eigenvalue weighted by Gasteiger charge is 2.24. The van der Waals surface area contributed by atoms with Crippen LogP contribution in [0.2, 0.25) is 5.02 Å². The average Bonchev–Trinajstić information content (AvgIpc) is 3.54. The quantitative estimate of drug-likeness (QED) is 0.331. The van der Waals surface area contributed by atoms with Crippen molar-refractivity contribution >= 4 is 51.6 Å². The Labute approximate surface area is 211 Å². The first-order valence-corrected chi connectivity index (χ1v) is 13.0. The summed E-state index contributed by atoms with van der Waals surface area (Å²) in [5.74, 6) is 0.110. The number of aryl methyl sites for hydroxylation is 1. The molecule has 11 heteroatoms. The van der Waals surface area contributed by atoms with E-state index in [-0.39, 0.29) is 17.8 Å². The van der Waals surface area contributed by atoms with Gasteiger partial charge in [0.1, 0.15) is 5.00 Å². The van der Waals surface area contributed by atoms with E-state index in [1.807, 2.05) is 42.7 Å². The van der Waals surface area contributed by atoms with Gasteiger partial charge in [0, 0.05) is 22.1 Å². The molecule has 0 bridgehead atoms. The number of esters is 1. The van der Waals surface area contributed by atoms with E-state index in [1.54, 1.807) is 0 Å². The monoisotopic (exact) mass is 520 g/mol. The van der Waals surface area contributed by atoms with E-state index >= 15 is 0 Å². The van der Waals surface area contributed by atoms with Crippen LogP contribution in [0.15, 0.2) is 29.4 Å². The standard InChI is InChI=1S/C23H25ClN4O4S2/c1-13-14(2)34-21(19(13)22(30)31-3)25-18(29)12-33-23-27-26-20(15-6-8-16(24)9-7-15)28(23)11-17-5-4-10-32-17/h6-9,17H,4-5,10-12H2,1-3H3,(H,25,29)/t17-/m0/s1. The van der Waals surface area contributed by atoms with Gasteiger partial charge in [0.2, 0.25) is 5.91 Å². The number of carbonyl (C=O) groups excluding carboxylic acids is 2. The largest absolute Gasteiger partial charge is 0.465 e. The second-order valence-electron chi connectivity index (χ2n) is 7.87. The van der Waals surface area contributed by atoms with Gasteiger partial charge in [0.25, 0.3) is 0 Å². The van der Waals surface area contributed by atoms with Crippen molar-refractivity contribution in [2.45, 2.75) is 44.5 Å². The van der Waals surface area contributed by atoms with Crippen molar-refractivity contribution in [2.24, 2.45) is 0 Å². The number of ether oxygens (including phenoxy) is 2. The maximum absolute atomic E-state index is 12.8. The molecule has 1 aliphatic heterocycles. The van der Waals surface area contributed by atoms with Crippen molar-refractivity contribution in [2.75, 3.05) is 24.8 Å². The number of rotatable bonds is 8. The molecule has 1 fully saturated rings. The molecular weight excluding hydrogens is 496 g/mol. The highest BCUT2D eigenvalue weighted by Crippen LogP contribution is 2.33. The fourth-order valence-electron chi connectivity index (χ4n) is 3.72. The molecular formula is C23H25ClN4O4S2. The van der Waals surface area contributed by atoms with Gasteiger partial charge < -0.3 is 14.8 Å². The van der Waals surface area contributed by atoms with E-state index in [4.69, 9.17) is 21.1 Å². The van der Waals surface area contributed by atoms with E-state index < -0.39 is 5.97 Å². The number of carbonyl (C=O) groups is 2. The molecule has 8 nitrogen and oxygen atoms in total. The van der Waals surface area contributed by atoms with E-state index in [2.05, 4.69) is 15.5 Å². The van der Waals surface area contributed by atoms with Gasteiger partial charge in [-0.3, -0.25) is 9.36 Å². The van der Waals surface area contributed by atoms with Crippen LogP contribution in [0.25, 0.3) is 11.4 Å². The van der Waals surface area contributed by atoms with Crippen molar-refractivity contribution < 1.29 is 19.1 Å². The highest BCUT2D eigenvalue weighted by atomic mass is 35.5. The number of hydrogen-bond acceptors (Lipinski definition) is 8. The number of nitrogens with zero attached hydrogens (tertiary/aromatic N) is 3. The minimum atomic E-state index is -0.464. The van der Waals surface area contributed by atoms with Crippen LogP contribution < -0.4 is 5.32 Å². The van der Waals surface area contributed by atoms with Gasteiger partial charge >= 0.3 is 5.97 Å². The van der Waals surface area contributed by atoms with Crippen molar-refractivity contribution in [1.29, 1.82) is 0 Å². The third kappa shape index (κ3) is 5.46. The smallest absolute Gasteiger partial charge is 0.341 e. The van der Waals surface area contributed by atoms with Gasteiger partial charge in [-0.2, -0.15) is 0 Å². The van der Waals surface area contributed by atoms with Crippen LogP contribution in [0.1, 0.15) is 33.6 Å². The molecule has 2 aromatic heterocycles. The number of methoxy groups -OCH3 is 1. The summed E-state index contributed by atoms with van der Waals surface area (Å²) in [4.78, 5) is 25.9. The van der Waals surface area contributed by atoms with E-state index in [1.165, 1.54) is 30.2 Å². The Bertz CT molecular complexity index is 1190. The van der Waals surface area contributed by atoms with Crippen LogP contribution in [0.3, 0.4) is 0 Å². The van der Waals surface area contributed by atoms with Crippen LogP contribution in [-0.4, -0.2) is 52.2 Å². The molecule has 1 amide bonds. The third-order valence-corrected chi connectivity index (χ3v) is 7.93. The number of thiophene rings is 1. The normalized spacial score (nSPS) is 15.5. The number of anilines is 1. The minimum Gasteiger partial charge on any atom is -0.465 e. The number of hydrogen-bond donors (Lipinski definition) is 1. The molecule has 1 saturated heterocycles. The number of halogens is 1. The number of thioether (sulfide) groups is 1. The number of amides is 1. The van der Waals surface area contributed by atoms with Crippen molar-refractivity contribution in [3.8, 4) is 11.4 Å². The number of aromatic nitrogens is 3. The van der Waals surface area contributed by atoms with Gasteiger partial charge in [-0.15, -0.1) is 21.5 Å². The third-order valence-electron chi connectivity index (χ3n) is 5.59. The number of nitrogens with one attached hydrogen (secondary N) is 1. The molecule has 0 saturated carbocycles. The van der Waals surface area contributed by atoms with Crippen LogP contribution >= 0.6 is 34.7 Å². The van der Waals surface area contributed by atoms with Gasteiger partial charge in [-0.1, -0.05) is 23.4 Å². The molecule has 0 radical (unpaired) electrons.